The maximum Gasteiger partial charge on any atom is 0.330 e. The molecule has 0 aromatic heterocycles. The van der Waals surface area contributed by atoms with Crippen LogP contribution in [0.4, 0.5) is 0 Å². The van der Waals surface area contributed by atoms with Crippen LogP contribution in [-0.4, -0.2) is 61.1 Å². The molecule has 0 spiro atoms. The minimum Gasteiger partial charge on any atom is -0.485 e. The van der Waals surface area contributed by atoms with Crippen molar-refractivity contribution in [2.75, 3.05) is 12.9 Å². The Kier molecular flexibility index (Phi) is 6.74. The highest BCUT2D eigenvalue weighted by molar-refractivity contribution is 7.90. The number of rotatable bonds is 8. The van der Waals surface area contributed by atoms with Gasteiger partial charge in [0.05, 0.1) is 23.2 Å². The molecule has 1 aromatic rings. The van der Waals surface area contributed by atoms with Gasteiger partial charge >= 0.3 is 5.97 Å². The highest BCUT2D eigenvalue weighted by Crippen LogP contribution is 2.43. The number of nitrogens with zero attached hydrogens (tertiary/aromatic N) is 1. The minimum atomic E-state index is -3.34. The van der Waals surface area contributed by atoms with E-state index in [1.165, 1.54) is 12.1 Å². The predicted octanol–water partition coefficient (Wildman–Crippen LogP) is 2.27. The molecule has 2 rings (SSSR count). The van der Waals surface area contributed by atoms with Crippen molar-refractivity contribution in [2.24, 2.45) is 4.99 Å². The van der Waals surface area contributed by atoms with Crippen molar-refractivity contribution in [3.63, 3.8) is 0 Å². The predicted molar refractivity (Wildman–Crippen MR) is 108 cm³/mol. The van der Waals surface area contributed by atoms with E-state index in [4.69, 9.17) is 9.47 Å². The third kappa shape index (κ3) is 4.97. The summed E-state index contributed by atoms with van der Waals surface area (Å²) >= 11 is 0. The van der Waals surface area contributed by atoms with Crippen LogP contribution < -0.4 is 0 Å². The van der Waals surface area contributed by atoms with Gasteiger partial charge in [-0.25, -0.2) is 18.2 Å². The third-order valence-corrected chi connectivity index (χ3v) is 5.73. The Morgan fingerprint density at radius 3 is 2.28 bits per heavy atom. The molecule has 8 nitrogen and oxygen atoms in total. The van der Waals surface area contributed by atoms with E-state index in [0.29, 0.717) is 17.6 Å². The molecule has 29 heavy (non-hydrogen) atoms. The largest absolute Gasteiger partial charge is 0.485 e. The summed E-state index contributed by atoms with van der Waals surface area (Å²) in [7, 11) is -3.34. The zero-order valence-corrected chi connectivity index (χ0v) is 18.0. The Hall–Kier alpha value is -2.39. The normalized spacial score (nSPS) is 22.1. The fourth-order valence-electron chi connectivity index (χ4n) is 2.96. The van der Waals surface area contributed by atoms with E-state index in [-0.39, 0.29) is 22.7 Å². The maximum atomic E-state index is 11.8. The number of aliphatic imine (C=N–C) groups is 1. The molecular formula is C20H27NO7S. The molecule has 1 aromatic carbocycles. The van der Waals surface area contributed by atoms with E-state index >= 15 is 0 Å². The fourth-order valence-corrected chi connectivity index (χ4v) is 3.59. The Balaban J connectivity index is 2.69. The van der Waals surface area contributed by atoms with Crippen LogP contribution in [0, 0.1) is 0 Å². The molecule has 0 bridgehead atoms. The Morgan fingerprint density at radius 1 is 1.28 bits per heavy atom. The first-order valence-electron chi connectivity index (χ1n) is 9.25. The summed E-state index contributed by atoms with van der Waals surface area (Å²) in [6.45, 7) is 6.68. The average molecular weight is 426 g/mol. The van der Waals surface area contributed by atoms with Gasteiger partial charge in [0.25, 0.3) is 5.90 Å². The molecule has 2 N–H and O–H groups in total. The van der Waals surface area contributed by atoms with Gasteiger partial charge in [-0.1, -0.05) is 19.1 Å². The molecular weight excluding hydrogens is 398 g/mol. The van der Waals surface area contributed by atoms with Crippen LogP contribution >= 0.6 is 0 Å². The number of carboxylic acids is 1. The quantitative estimate of drug-likeness (QED) is 0.655. The molecule has 1 heterocycles. The molecule has 1 aliphatic rings. The lowest BCUT2D eigenvalue weighted by molar-refractivity contribution is -0.139. The summed E-state index contributed by atoms with van der Waals surface area (Å²) in [5.74, 6) is -0.987. The number of aliphatic carboxylic acids is 1. The van der Waals surface area contributed by atoms with Gasteiger partial charge in [0.15, 0.2) is 21.6 Å². The first-order valence-corrected chi connectivity index (χ1v) is 11.1. The number of hydrogen-bond donors (Lipinski definition) is 2. The lowest BCUT2D eigenvalue weighted by atomic mass is 9.88. The molecule has 2 atom stereocenters. The van der Waals surface area contributed by atoms with Crippen LogP contribution in [0.25, 0.3) is 5.57 Å². The van der Waals surface area contributed by atoms with Crippen molar-refractivity contribution < 1.29 is 32.9 Å². The zero-order valence-electron chi connectivity index (χ0n) is 17.2. The smallest absolute Gasteiger partial charge is 0.330 e. The van der Waals surface area contributed by atoms with Gasteiger partial charge in [-0.05, 0) is 44.9 Å². The molecule has 0 radical (unpaired) electrons. The number of sulfone groups is 1. The summed E-state index contributed by atoms with van der Waals surface area (Å²) in [4.78, 5) is 15.6. The van der Waals surface area contributed by atoms with Crippen LogP contribution in [-0.2, 0) is 24.1 Å². The van der Waals surface area contributed by atoms with E-state index in [1.54, 1.807) is 12.1 Å². The summed E-state index contributed by atoms with van der Waals surface area (Å²) in [6.07, 6.45) is 1.41. The molecule has 1 aliphatic heterocycles. The minimum absolute atomic E-state index is 0.00619. The SMILES string of the molecule is CC[C@]1(C)OC(=N[C@@H](CO)C(=O)O)C(OC(C)C)=C1c1ccc(S(C)(=O)=O)cc1. The number of aliphatic hydroxyl groups is 1. The van der Waals surface area contributed by atoms with Gasteiger partial charge in [0.1, 0.15) is 5.60 Å². The molecule has 160 valence electrons. The fraction of sp³-hybridized carbons (Fsp3) is 0.500. The summed E-state index contributed by atoms with van der Waals surface area (Å²) < 4.78 is 35.5. The molecule has 0 saturated carbocycles. The van der Waals surface area contributed by atoms with E-state index in [0.717, 1.165) is 6.26 Å². The molecule has 0 aliphatic carbocycles. The lowest BCUT2D eigenvalue weighted by Crippen LogP contribution is -2.28. The number of hydrogen-bond acceptors (Lipinski definition) is 7. The Labute approximate surface area is 170 Å². The third-order valence-electron chi connectivity index (χ3n) is 4.60. The van der Waals surface area contributed by atoms with Gasteiger partial charge in [0, 0.05) is 6.26 Å². The zero-order chi connectivity index (χ0) is 22.0. The monoisotopic (exact) mass is 425 g/mol. The molecule has 9 heteroatoms. The van der Waals surface area contributed by atoms with Gasteiger partial charge in [-0.15, -0.1) is 0 Å². The molecule has 0 saturated heterocycles. The number of carboxylic acid groups (broad SMARTS) is 1. The molecule has 0 fully saturated rings. The van der Waals surface area contributed by atoms with Gasteiger partial charge < -0.3 is 19.7 Å². The Morgan fingerprint density at radius 2 is 1.86 bits per heavy atom. The van der Waals surface area contributed by atoms with Crippen molar-refractivity contribution in [1.29, 1.82) is 0 Å². The van der Waals surface area contributed by atoms with Gasteiger partial charge in [-0.2, -0.15) is 0 Å². The van der Waals surface area contributed by atoms with Crippen molar-refractivity contribution in [3.05, 3.63) is 35.6 Å². The summed E-state index contributed by atoms with van der Waals surface area (Å²) in [6, 6.07) is 4.95. The summed E-state index contributed by atoms with van der Waals surface area (Å²) in [5, 5.41) is 18.6. The van der Waals surface area contributed by atoms with Crippen molar-refractivity contribution in [2.45, 2.75) is 56.8 Å². The highest BCUT2D eigenvalue weighted by atomic mass is 32.2. The summed E-state index contributed by atoms with van der Waals surface area (Å²) in [5.41, 5.74) is 0.460. The number of benzene rings is 1. The second kappa shape index (κ2) is 8.54. The van der Waals surface area contributed by atoms with Crippen LogP contribution in [0.3, 0.4) is 0 Å². The molecule has 0 amide bonds. The standard InChI is InChI=1S/C20H27NO7S/c1-6-20(4)16(13-7-9-14(10-8-13)29(5,25)26)17(27-12(2)3)18(28-20)21-15(11-22)19(23)24/h7-10,12,15,22H,6,11H2,1-5H3,(H,23,24)/t15-,20-/m0/s1. The van der Waals surface area contributed by atoms with E-state index in [1.807, 2.05) is 27.7 Å². The maximum absolute atomic E-state index is 11.8. The van der Waals surface area contributed by atoms with Crippen LogP contribution in [0.5, 0.6) is 0 Å². The second-order valence-corrected chi connectivity index (χ2v) is 9.34. The van der Waals surface area contributed by atoms with Gasteiger partial charge in [0.2, 0.25) is 0 Å². The lowest BCUT2D eigenvalue weighted by Gasteiger charge is -2.25. The average Bonchev–Trinajstić information content (AvgIpc) is 2.90. The van der Waals surface area contributed by atoms with Crippen LogP contribution in [0.2, 0.25) is 0 Å². The van der Waals surface area contributed by atoms with E-state index in [2.05, 4.69) is 4.99 Å². The Bertz CT molecular complexity index is 932. The van der Waals surface area contributed by atoms with Crippen LogP contribution in [0.15, 0.2) is 39.9 Å². The van der Waals surface area contributed by atoms with Crippen molar-refractivity contribution >= 4 is 27.3 Å². The molecule has 0 unspecified atom stereocenters. The van der Waals surface area contributed by atoms with Crippen molar-refractivity contribution in [1.82, 2.24) is 0 Å². The van der Waals surface area contributed by atoms with E-state index in [9.17, 15) is 23.4 Å². The van der Waals surface area contributed by atoms with Crippen molar-refractivity contribution in [3.8, 4) is 0 Å². The highest BCUT2D eigenvalue weighted by Gasteiger charge is 2.44. The topological polar surface area (TPSA) is 122 Å². The van der Waals surface area contributed by atoms with Crippen LogP contribution in [0.1, 0.15) is 39.7 Å². The van der Waals surface area contributed by atoms with Gasteiger partial charge in [-0.3, -0.25) is 0 Å². The first kappa shape index (κ1) is 22.9. The number of carbonyl (C=O) groups is 1. The number of aliphatic hydroxyl groups excluding tert-OH is 1. The second-order valence-electron chi connectivity index (χ2n) is 7.32. The first-order chi connectivity index (χ1) is 13.4. The number of ether oxygens (including phenoxy) is 2. The van der Waals surface area contributed by atoms with E-state index < -0.39 is 34.1 Å².